The standard InChI is InChI=1S/C16H25N3O5S/c1-16(2,3)15(20)11-17-13-7-6-12(19(21)22)10-14(13)25(23,24)18-8-4-5-9-18/h6-7,10,15,17,20H,4-5,8-9,11H2,1-3H3. The highest BCUT2D eigenvalue weighted by atomic mass is 32.2. The van der Waals surface area contributed by atoms with Crippen LogP contribution in [0.5, 0.6) is 0 Å². The number of non-ortho nitro benzene ring substituents is 1. The van der Waals surface area contributed by atoms with E-state index in [1.165, 1.54) is 16.4 Å². The summed E-state index contributed by atoms with van der Waals surface area (Å²) in [5.41, 5.74) is -0.387. The molecule has 9 heteroatoms. The Balaban J connectivity index is 2.37. The van der Waals surface area contributed by atoms with E-state index in [0.717, 1.165) is 18.9 Å². The Morgan fingerprint density at radius 2 is 1.92 bits per heavy atom. The molecule has 1 aliphatic rings. The highest BCUT2D eigenvalue weighted by Crippen LogP contribution is 2.31. The van der Waals surface area contributed by atoms with Crippen LogP contribution in [-0.2, 0) is 10.0 Å². The van der Waals surface area contributed by atoms with Crippen molar-refractivity contribution in [2.45, 2.75) is 44.6 Å². The summed E-state index contributed by atoms with van der Waals surface area (Å²) in [6, 6.07) is 3.73. The smallest absolute Gasteiger partial charge is 0.270 e. The van der Waals surface area contributed by atoms with Crippen LogP contribution in [-0.4, -0.2) is 48.5 Å². The minimum atomic E-state index is -3.82. The monoisotopic (exact) mass is 371 g/mol. The van der Waals surface area contributed by atoms with Crippen LogP contribution in [0.1, 0.15) is 33.6 Å². The van der Waals surface area contributed by atoms with E-state index in [1.54, 1.807) is 0 Å². The number of hydrogen-bond donors (Lipinski definition) is 2. The summed E-state index contributed by atoms with van der Waals surface area (Å²) in [5, 5.41) is 24.1. The second-order valence-corrected chi connectivity index (χ2v) is 9.22. The van der Waals surface area contributed by atoms with E-state index in [1.807, 2.05) is 20.8 Å². The minimum Gasteiger partial charge on any atom is -0.391 e. The van der Waals surface area contributed by atoms with Crippen molar-refractivity contribution in [2.75, 3.05) is 25.0 Å². The third-order valence-electron chi connectivity index (χ3n) is 4.34. The van der Waals surface area contributed by atoms with Gasteiger partial charge in [-0.1, -0.05) is 20.8 Å². The van der Waals surface area contributed by atoms with Gasteiger partial charge in [-0.25, -0.2) is 8.42 Å². The van der Waals surface area contributed by atoms with Crippen molar-refractivity contribution in [3.05, 3.63) is 28.3 Å². The third kappa shape index (κ3) is 4.47. The molecule has 1 aromatic carbocycles. The van der Waals surface area contributed by atoms with Gasteiger partial charge in [0.15, 0.2) is 0 Å². The van der Waals surface area contributed by atoms with Crippen LogP contribution in [0, 0.1) is 15.5 Å². The number of aliphatic hydroxyl groups excluding tert-OH is 1. The van der Waals surface area contributed by atoms with Crippen LogP contribution in [0.15, 0.2) is 23.1 Å². The molecule has 1 atom stereocenters. The van der Waals surface area contributed by atoms with Crippen molar-refractivity contribution in [1.82, 2.24) is 4.31 Å². The van der Waals surface area contributed by atoms with E-state index in [4.69, 9.17) is 0 Å². The summed E-state index contributed by atoms with van der Waals surface area (Å²) in [6.45, 7) is 6.58. The molecule has 0 saturated carbocycles. The van der Waals surface area contributed by atoms with Crippen molar-refractivity contribution < 1.29 is 18.4 Å². The maximum Gasteiger partial charge on any atom is 0.270 e. The number of nitrogens with zero attached hydrogens (tertiary/aromatic N) is 2. The highest BCUT2D eigenvalue weighted by molar-refractivity contribution is 7.89. The zero-order valence-corrected chi connectivity index (χ0v) is 15.5. The second kappa shape index (κ2) is 7.27. The Bertz CT molecular complexity index is 737. The number of hydrogen-bond acceptors (Lipinski definition) is 6. The molecule has 0 bridgehead atoms. The number of aliphatic hydroxyl groups is 1. The Hall–Kier alpha value is -1.71. The Morgan fingerprint density at radius 1 is 1.32 bits per heavy atom. The van der Waals surface area contributed by atoms with Crippen molar-refractivity contribution in [2.24, 2.45) is 5.41 Å². The van der Waals surface area contributed by atoms with Gasteiger partial charge in [0, 0.05) is 31.8 Å². The number of nitro groups is 1. The maximum atomic E-state index is 12.9. The summed E-state index contributed by atoms with van der Waals surface area (Å²) in [6.07, 6.45) is 0.851. The number of sulfonamides is 1. The minimum absolute atomic E-state index is 0.121. The number of rotatable bonds is 6. The molecule has 25 heavy (non-hydrogen) atoms. The lowest BCUT2D eigenvalue weighted by Gasteiger charge is -2.27. The first-order chi connectivity index (χ1) is 11.5. The zero-order valence-electron chi connectivity index (χ0n) is 14.7. The maximum absolute atomic E-state index is 12.9. The van der Waals surface area contributed by atoms with Gasteiger partial charge in [-0.2, -0.15) is 4.31 Å². The zero-order chi connectivity index (χ0) is 18.8. The lowest BCUT2D eigenvalue weighted by atomic mass is 9.89. The topological polar surface area (TPSA) is 113 Å². The van der Waals surface area contributed by atoms with E-state index < -0.39 is 21.1 Å². The predicted molar refractivity (Wildman–Crippen MR) is 95.0 cm³/mol. The molecule has 1 aromatic rings. The van der Waals surface area contributed by atoms with Crippen LogP contribution >= 0.6 is 0 Å². The molecule has 1 aliphatic heterocycles. The molecule has 2 N–H and O–H groups in total. The van der Waals surface area contributed by atoms with Crippen LogP contribution in [0.4, 0.5) is 11.4 Å². The Labute approximate surface area is 148 Å². The van der Waals surface area contributed by atoms with Crippen molar-refractivity contribution in [3.63, 3.8) is 0 Å². The normalized spacial score (nSPS) is 17.4. The lowest BCUT2D eigenvalue weighted by molar-refractivity contribution is -0.385. The number of nitrogens with one attached hydrogen (secondary N) is 1. The molecule has 2 rings (SSSR count). The Morgan fingerprint density at radius 3 is 2.44 bits per heavy atom. The molecule has 0 amide bonds. The van der Waals surface area contributed by atoms with Crippen LogP contribution in [0.2, 0.25) is 0 Å². The molecule has 8 nitrogen and oxygen atoms in total. The molecule has 1 heterocycles. The van der Waals surface area contributed by atoms with Gasteiger partial charge in [0.1, 0.15) is 4.90 Å². The second-order valence-electron chi connectivity index (χ2n) is 7.31. The third-order valence-corrected chi connectivity index (χ3v) is 6.28. The molecular formula is C16H25N3O5S. The molecule has 0 spiro atoms. The summed E-state index contributed by atoms with van der Waals surface area (Å²) in [7, 11) is -3.82. The van der Waals surface area contributed by atoms with Crippen molar-refractivity contribution in [1.29, 1.82) is 0 Å². The summed E-state index contributed by atoms with van der Waals surface area (Å²) < 4.78 is 27.1. The Kier molecular flexibility index (Phi) is 5.70. The quantitative estimate of drug-likeness (QED) is 0.585. The fraction of sp³-hybridized carbons (Fsp3) is 0.625. The first kappa shape index (κ1) is 19.6. The van der Waals surface area contributed by atoms with Crippen molar-refractivity contribution in [3.8, 4) is 0 Å². The number of nitro benzene ring substituents is 1. The van der Waals surface area contributed by atoms with Gasteiger partial charge < -0.3 is 10.4 Å². The first-order valence-corrected chi connectivity index (χ1v) is 9.68. The predicted octanol–water partition coefficient (Wildman–Crippen LogP) is 2.20. The van der Waals surface area contributed by atoms with Gasteiger partial charge >= 0.3 is 0 Å². The summed E-state index contributed by atoms with van der Waals surface area (Å²) in [5.74, 6) is 0. The van der Waals surface area contributed by atoms with Crippen LogP contribution in [0.25, 0.3) is 0 Å². The fourth-order valence-electron chi connectivity index (χ4n) is 2.56. The van der Waals surface area contributed by atoms with Crippen LogP contribution < -0.4 is 5.32 Å². The van der Waals surface area contributed by atoms with E-state index in [-0.39, 0.29) is 28.2 Å². The molecule has 1 unspecified atom stereocenters. The lowest BCUT2D eigenvalue weighted by Crippen LogP contribution is -2.34. The van der Waals surface area contributed by atoms with Crippen LogP contribution in [0.3, 0.4) is 0 Å². The van der Waals surface area contributed by atoms with Gasteiger partial charge in [-0.15, -0.1) is 0 Å². The van der Waals surface area contributed by atoms with E-state index >= 15 is 0 Å². The van der Waals surface area contributed by atoms with E-state index in [2.05, 4.69) is 5.32 Å². The molecule has 0 aliphatic carbocycles. The van der Waals surface area contributed by atoms with Gasteiger partial charge in [0.05, 0.1) is 16.7 Å². The van der Waals surface area contributed by atoms with Gasteiger partial charge in [0.2, 0.25) is 10.0 Å². The average Bonchev–Trinajstić information content (AvgIpc) is 3.06. The largest absolute Gasteiger partial charge is 0.391 e. The van der Waals surface area contributed by atoms with Crippen molar-refractivity contribution >= 4 is 21.4 Å². The van der Waals surface area contributed by atoms with E-state index in [0.29, 0.717) is 13.1 Å². The molecular weight excluding hydrogens is 346 g/mol. The molecule has 0 radical (unpaired) electrons. The van der Waals surface area contributed by atoms with Gasteiger partial charge in [-0.3, -0.25) is 10.1 Å². The number of anilines is 1. The molecule has 0 aromatic heterocycles. The summed E-state index contributed by atoms with van der Waals surface area (Å²) in [4.78, 5) is 10.3. The fourth-order valence-corrected chi connectivity index (χ4v) is 4.27. The van der Waals surface area contributed by atoms with Gasteiger partial charge in [-0.05, 0) is 24.3 Å². The number of benzene rings is 1. The molecule has 140 valence electrons. The molecule has 1 fully saturated rings. The molecule has 1 saturated heterocycles. The average molecular weight is 371 g/mol. The summed E-state index contributed by atoms with van der Waals surface area (Å²) >= 11 is 0. The SMILES string of the molecule is CC(C)(C)C(O)CNc1ccc([N+](=O)[O-])cc1S(=O)(=O)N1CCCC1. The van der Waals surface area contributed by atoms with E-state index in [9.17, 15) is 23.6 Å². The highest BCUT2D eigenvalue weighted by Gasteiger charge is 2.31. The first-order valence-electron chi connectivity index (χ1n) is 8.24. The van der Waals surface area contributed by atoms with Gasteiger partial charge in [0.25, 0.3) is 5.69 Å².